The number of rotatable bonds is 3. The van der Waals surface area contributed by atoms with Gasteiger partial charge in [-0.1, -0.05) is 6.07 Å². The molecule has 0 aliphatic carbocycles. The van der Waals surface area contributed by atoms with Gasteiger partial charge in [0.05, 0.1) is 19.3 Å². The highest BCUT2D eigenvalue weighted by Gasteiger charge is 2.04. The smallest absolute Gasteiger partial charge is 0.253 e. The van der Waals surface area contributed by atoms with Crippen molar-refractivity contribution in [2.45, 2.75) is 19.6 Å². The fraction of sp³-hybridized carbons (Fsp3) is 0.444. The number of nitrogens with zero attached hydrogens (tertiary/aromatic N) is 1. The van der Waals surface area contributed by atoms with Crippen LogP contribution in [0.1, 0.15) is 5.56 Å². The van der Waals surface area contributed by atoms with Gasteiger partial charge >= 0.3 is 0 Å². The second-order valence-corrected chi connectivity index (χ2v) is 2.99. The minimum Gasteiger partial charge on any atom is -0.394 e. The van der Waals surface area contributed by atoms with Gasteiger partial charge in [0.1, 0.15) is 0 Å². The van der Waals surface area contributed by atoms with Crippen LogP contribution < -0.4 is 5.56 Å². The van der Waals surface area contributed by atoms with Gasteiger partial charge in [0.15, 0.2) is 0 Å². The first-order chi connectivity index (χ1) is 6.15. The van der Waals surface area contributed by atoms with Crippen LogP contribution in [0.25, 0.3) is 0 Å². The normalized spacial score (nSPS) is 12.8. The van der Waals surface area contributed by atoms with Crippen molar-refractivity contribution in [1.82, 2.24) is 4.57 Å². The first kappa shape index (κ1) is 9.95. The average Bonchev–Trinajstić information content (AvgIpc) is 2.13. The number of pyridine rings is 1. The molecule has 1 aromatic rings. The molecule has 1 unspecified atom stereocenters. The van der Waals surface area contributed by atoms with Crippen LogP contribution in [0.2, 0.25) is 0 Å². The number of hydrogen-bond acceptors (Lipinski definition) is 3. The molecule has 1 aromatic heterocycles. The molecule has 0 aromatic carbocycles. The second kappa shape index (κ2) is 4.20. The van der Waals surface area contributed by atoms with Crippen molar-refractivity contribution in [3.8, 4) is 0 Å². The lowest BCUT2D eigenvalue weighted by Crippen LogP contribution is -2.29. The minimum absolute atomic E-state index is 0.130. The summed E-state index contributed by atoms with van der Waals surface area (Å²) >= 11 is 0. The number of aliphatic hydroxyl groups excluding tert-OH is 2. The Morgan fingerprint density at radius 2 is 2.31 bits per heavy atom. The van der Waals surface area contributed by atoms with Crippen LogP contribution in [-0.2, 0) is 6.54 Å². The number of aromatic nitrogens is 1. The highest BCUT2D eigenvalue weighted by atomic mass is 16.3. The maximum atomic E-state index is 11.4. The van der Waals surface area contributed by atoms with E-state index in [2.05, 4.69) is 0 Å². The molecular weight excluding hydrogens is 170 g/mol. The molecule has 0 bridgehead atoms. The maximum Gasteiger partial charge on any atom is 0.253 e. The molecule has 0 radical (unpaired) electrons. The summed E-state index contributed by atoms with van der Waals surface area (Å²) in [4.78, 5) is 11.4. The summed E-state index contributed by atoms with van der Waals surface area (Å²) in [6.07, 6.45) is 0.716. The van der Waals surface area contributed by atoms with Crippen molar-refractivity contribution in [3.05, 3.63) is 34.2 Å². The summed E-state index contributed by atoms with van der Waals surface area (Å²) in [5.74, 6) is 0. The second-order valence-electron chi connectivity index (χ2n) is 2.99. The van der Waals surface area contributed by atoms with Crippen LogP contribution in [-0.4, -0.2) is 27.5 Å². The summed E-state index contributed by atoms with van der Waals surface area (Å²) in [6, 6.07) is 3.45. The molecule has 1 heterocycles. The zero-order valence-electron chi connectivity index (χ0n) is 7.47. The summed E-state index contributed by atoms with van der Waals surface area (Å²) in [5, 5.41) is 17.7. The molecule has 2 N–H and O–H groups in total. The largest absolute Gasteiger partial charge is 0.394 e. The quantitative estimate of drug-likeness (QED) is 0.664. The van der Waals surface area contributed by atoms with Gasteiger partial charge in [-0.3, -0.25) is 4.79 Å². The van der Waals surface area contributed by atoms with E-state index < -0.39 is 6.10 Å². The fourth-order valence-corrected chi connectivity index (χ4v) is 1.09. The molecule has 4 heteroatoms. The van der Waals surface area contributed by atoms with E-state index in [1.165, 1.54) is 4.57 Å². The topological polar surface area (TPSA) is 62.5 Å². The van der Waals surface area contributed by atoms with E-state index in [4.69, 9.17) is 10.2 Å². The van der Waals surface area contributed by atoms with Crippen LogP contribution in [0.4, 0.5) is 0 Å². The number of aryl methyl sites for hydroxylation is 1. The van der Waals surface area contributed by atoms with Crippen LogP contribution in [0.15, 0.2) is 23.1 Å². The van der Waals surface area contributed by atoms with E-state index in [1.807, 2.05) is 0 Å². The van der Waals surface area contributed by atoms with E-state index in [0.29, 0.717) is 5.56 Å². The Balaban J connectivity index is 2.89. The van der Waals surface area contributed by atoms with E-state index >= 15 is 0 Å². The first-order valence-corrected chi connectivity index (χ1v) is 4.10. The zero-order valence-corrected chi connectivity index (χ0v) is 7.47. The van der Waals surface area contributed by atoms with Crippen molar-refractivity contribution in [1.29, 1.82) is 0 Å². The predicted molar refractivity (Wildman–Crippen MR) is 48.5 cm³/mol. The van der Waals surface area contributed by atoms with Crippen molar-refractivity contribution in [2.75, 3.05) is 6.61 Å². The third kappa shape index (κ3) is 2.40. The van der Waals surface area contributed by atoms with E-state index in [-0.39, 0.29) is 18.7 Å². The van der Waals surface area contributed by atoms with Crippen LogP contribution in [0.3, 0.4) is 0 Å². The minimum atomic E-state index is -0.875. The molecule has 0 spiro atoms. The van der Waals surface area contributed by atoms with Gasteiger partial charge in [-0.05, 0) is 13.0 Å². The van der Waals surface area contributed by atoms with Crippen LogP contribution in [0, 0.1) is 6.92 Å². The Morgan fingerprint density at radius 1 is 1.62 bits per heavy atom. The van der Waals surface area contributed by atoms with E-state index in [9.17, 15) is 4.79 Å². The molecule has 0 aliphatic heterocycles. The van der Waals surface area contributed by atoms with Gasteiger partial charge in [0.25, 0.3) is 5.56 Å². The molecule has 0 saturated carbocycles. The Kier molecular flexibility index (Phi) is 3.22. The molecule has 0 fully saturated rings. The highest BCUT2D eigenvalue weighted by molar-refractivity contribution is 5.07. The van der Waals surface area contributed by atoms with Crippen LogP contribution in [0.5, 0.6) is 0 Å². The van der Waals surface area contributed by atoms with Gasteiger partial charge in [0, 0.05) is 11.8 Å². The third-order valence-electron chi connectivity index (χ3n) is 1.83. The summed E-state index contributed by atoms with van der Waals surface area (Å²) in [7, 11) is 0. The van der Waals surface area contributed by atoms with Gasteiger partial charge in [-0.25, -0.2) is 0 Å². The van der Waals surface area contributed by atoms with E-state index in [1.54, 1.807) is 25.3 Å². The summed E-state index contributed by atoms with van der Waals surface area (Å²) in [5.41, 5.74) is 0.502. The van der Waals surface area contributed by atoms with Crippen molar-refractivity contribution < 1.29 is 10.2 Å². The monoisotopic (exact) mass is 183 g/mol. The summed E-state index contributed by atoms with van der Waals surface area (Å²) < 4.78 is 1.39. The molecule has 0 aliphatic rings. The molecule has 1 rings (SSSR count). The van der Waals surface area contributed by atoms with Gasteiger partial charge < -0.3 is 14.8 Å². The zero-order chi connectivity index (χ0) is 9.84. The van der Waals surface area contributed by atoms with Crippen molar-refractivity contribution in [2.24, 2.45) is 0 Å². The third-order valence-corrected chi connectivity index (χ3v) is 1.83. The Morgan fingerprint density at radius 3 is 2.92 bits per heavy atom. The van der Waals surface area contributed by atoms with Crippen molar-refractivity contribution in [3.63, 3.8) is 0 Å². The highest BCUT2D eigenvalue weighted by Crippen LogP contribution is 1.91. The molecule has 4 nitrogen and oxygen atoms in total. The number of aliphatic hydroxyl groups is 2. The van der Waals surface area contributed by atoms with E-state index in [0.717, 1.165) is 0 Å². The molecule has 72 valence electrons. The lowest BCUT2D eigenvalue weighted by Gasteiger charge is -2.09. The molecule has 13 heavy (non-hydrogen) atoms. The SMILES string of the molecule is Cc1cccn(CC(O)CO)c1=O. The Bertz CT molecular complexity index is 332. The molecular formula is C9H13NO3. The maximum absolute atomic E-state index is 11.4. The van der Waals surface area contributed by atoms with Crippen LogP contribution >= 0.6 is 0 Å². The molecule has 0 saturated heterocycles. The lowest BCUT2D eigenvalue weighted by atomic mass is 10.3. The first-order valence-electron chi connectivity index (χ1n) is 4.10. The standard InChI is InChI=1S/C9H13NO3/c1-7-3-2-4-10(9(7)13)5-8(12)6-11/h2-4,8,11-12H,5-6H2,1H3. The average molecular weight is 183 g/mol. The number of hydrogen-bond donors (Lipinski definition) is 2. The van der Waals surface area contributed by atoms with Gasteiger partial charge in [-0.15, -0.1) is 0 Å². The van der Waals surface area contributed by atoms with Gasteiger partial charge in [0.2, 0.25) is 0 Å². The fourth-order valence-electron chi connectivity index (χ4n) is 1.09. The molecule has 0 amide bonds. The Labute approximate surface area is 76.1 Å². The van der Waals surface area contributed by atoms with Gasteiger partial charge in [-0.2, -0.15) is 0 Å². The predicted octanol–water partition coefficient (Wildman–Crippen LogP) is -0.490. The Hall–Kier alpha value is -1.13. The molecule has 1 atom stereocenters. The summed E-state index contributed by atoms with van der Waals surface area (Å²) in [6.45, 7) is 1.52. The lowest BCUT2D eigenvalue weighted by molar-refractivity contribution is 0.0803. The van der Waals surface area contributed by atoms with Crippen molar-refractivity contribution >= 4 is 0 Å².